The third-order valence-corrected chi connectivity index (χ3v) is 16.0. The van der Waals surface area contributed by atoms with E-state index in [0.29, 0.717) is 22.8 Å². The number of aryl methyl sites for hydroxylation is 5. The van der Waals surface area contributed by atoms with Gasteiger partial charge in [0, 0.05) is 40.6 Å². The monoisotopic (exact) mass is 1840 g/mol. The van der Waals surface area contributed by atoms with Gasteiger partial charge in [0.25, 0.3) is 18.3 Å². The van der Waals surface area contributed by atoms with Gasteiger partial charge in [0.1, 0.15) is 17.6 Å². The Morgan fingerprint density at radius 1 is 0.611 bits per heavy atom. The number of rotatable bonds is 8. The molecule has 5 aromatic carbocycles. The molecule has 19 nitrogen and oxygen atoms in total. The molecule has 582 valence electrons. The molecule has 47 heteroatoms. The molecule has 0 aliphatic carbocycles. The van der Waals surface area contributed by atoms with E-state index in [9.17, 15) is 97.8 Å². The average molecular weight is 1840 g/mol. The molecule has 9 rings (SSSR count). The van der Waals surface area contributed by atoms with Crippen LogP contribution in [0.2, 0.25) is 25.1 Å². The Morgan fingerprint density at radius 2 is 0.954 bits per heavy atom. The number of amides is 3. The minimum atomic E-state index is -4.63. The smallest absolute Gasteiger partial charge is 1.00 e. The van der Waals surface area contributed by atoms with Gasteiger partial charge in [-0.25, -0.2) is 32.2 Å². The molecule has 0 radical (unpaired) electrons. The van der Waals surface area contributed by atoms with E-state index < -0.39 is 119 Å². The number of benzene rings is 5. The Bertz CT molecular complexity index is 4260. The number of carbonyl (C=O) groups excluding carboxylic acids is 4. The van der Waals surface area contributed by atoms with Crippen molar-refractivity contribution in [1.82, 2.24) is 39.7 Å². The number of aromatic nitrogens is 6. The Labute approximate surface area is 730 Å². The molecule has 2 aliphatic heterocycles. The van der Waals surface area contributed by atoms with Crippen LogP contribution in [0.3, 0.4) is 0 Å². The van der Waals surface area contributed by atoms with Gasteiger partial charge >= 0.3 is 134 Å². The SMILES string of the molecule is C.Cc1cc(-c2ncn(/C=C\C(=O)N3CC(F)(F)C3)n2)cc(C(F)(F)F)c1Cl.Cc1cc(-c2ncn[nH]2)cc(C(F)(F)F)c1Cl.Cc1cc(C#N)cc(C(F)(F)F)c1Cl.Cc1cc(C(N)=O)cc(C(F)(F)F)c1Cl.Cc1cc(C(N)=S)cc(C(F)(F)F)c1Cl.O=C(/C=C\I)N1CC(F)(F)C1.O=CO[O-].OO.[H-].[K+].[K+]. The summed E-state index contributed by atoms with van der Waals surface area (Å²) >= 11 is 34.4. The largest absolute Gasteiger partial charge is 1.00 e. The summed E-state index contributed by atoms with van der Waals surface area (Å²) in [6.07, 6.45) is -16.8. The predicted molar refractivity (Wildman–Crippen MR) is 361 cm³/mol. The van der Waals surface area contributed by atoms with E-state index in [1.807, 2.05) is 22.6 Å². The van der Waals surface area contributed by atoms with Crippen molar-refractivity contribution >= 4 is 128 Å². The average Bonchev–Trinajstić information content (AvgIpc) is 1.81. The minimum absolute atomic E-state index is 0. The van der Waals surface area contributed by atoms with Crippen LogP contribution < -0.4 is 119 Å². The molecule has 7 aromatic rings. The van der Waals surface area contributed by atoms with Crippen molar-refractivity contribution in [3.05, 3.63) is 187 Å². The molecule has 2 aliphatic rings. The van der Waals surface area contributed by atoms with Gasteiger partial charge in [-0.15, -0.1) is 5.10 Å². The summed E-state index contributed by atoms with van der Waals surface area (Å²) in [6.45, 7) is 4.87. The summed E-state index contributed by atoms with van der Waals surface area (Å²) < 4.78 is 242. The second-order valence-corrected chi connectivity index (χ2v) is 23.9. The number of hydrogen-bond acceptors (Lipinski definition) is 14. The van der Waals surface area contributed by atoms with E-state index in [4.69, 9.17) is 95.3 Å². The van der Waals surface area contributed by atoms with Gasteiger partial charge in [0.05, 0.1) is 90.7 Å². The number of nitrogens with two attached hydrogens (primary N) is 2. The molecule has 0 saturated carbocycles. The molecule has 2 aromatic heterocycles. The van der Waals surface area contributed by atoms with Crippen LogP contribution in [0.15, 0.2) is 89.6 Å². The molecule has 0 bridgehead atoms. The Morgan fingerprint density at radius 3 is 1.30 bits per heavy atom. The number of nitriles is 1. The van der Waals surface area contributed by atoms with Crippen molar-refractivity contribution in [2.45, 2.75) is 84.8 Å². The quantitative estimate of drug-likeness (QED) is 0.0138. The van der Waals surface area contributed by atoms with E-state index in [-0.39, 0.29) is 195 Å². The summed E-state index contributed by atoms with van der Waals surface area (Å²) in [6, 6.07) is 12.6. The molecule has 0 spiro atoms. The summed E-state index contributed by atoms with van der Waals surface area (Å²) in [4.78, 5) is 54.2. The molecule has 108 heavy (non-hydrogen) atoms. The second-order valence-electron chi connectivity index (χ2n) is 20.9. The van der Waals surface area contributed by atoms with E-state index in [0.717, 1.165) is 44.8 Å². The zero-order chi connectivity index (χ0) is 81.0. The normalized spacial score (nSPS) is 13.1. The van der Waals surface area contributed by atoms with Crippen molar-refractivity contribution in [2.75, 3.05) is 26.2 Å². The summed E-state index contributed by atoms with van der Waals surface area (Å²) in [5.74, 6) is -7.14. The first kappa shape index (κ1) is 105. The van der Waals surface area contributed by atoms with Crippen LogP contribution in [0.5, 0.6) is 0 Å². The van der Waals surface area contributed by atoms with Crippen LogP contribution in [0.25, 0.3) is 29.0 Å². The molecule has 0 atom stereocenters. The second kappa shape index (κ2) is 45.1. The molecular formula is C61H52Cl5F19IK2N11O8S. The first-order valence-electron chi connectivity index (χ1n) is 27.5. The molecule has 2 saturated heterocycles. The zero-order valence-electron chi connectivity index (χ0n) is 56.1. The van der Waals surface area contributed by atoms with Crippen molar-refractivity contribution in [2.24, 2.45) is 11.5 Å². The van der Waals surface area contributed by atoms with Crippen LogP contribution in [0, 0.1) is 45.9 Å². The third-order valence-electron chi connectivity index (χ3n) is 12.9. The molecular weight excluding hydrogens is 1790 g/mol. The fourth-order valence-corrected chi connectivity index (χ4v) is 9.57. The van der Waals surface area contributed by atoms with Crippen molar-refractivity contribution in [3.8, 4) is 28.8 Å². The van der Waals surface area contributed by atoms with Crippen LogP contribution >= 0.6 is 92.8 Å². The van der Waals surface area contributed by atoms with Crippen molar-refractivity contribution in [3.63, 3.8) is 0 Å². The fraction of sp³-hybridized carbons (Fsp3) is 0.279. The Balaban J connectivity index is -0.00000124. The molecule has 4 heterocycles. The molecule has 0 unspecified atom stereocenters. The maximum Gasteiger partial charge on any atom is 1.00 e. The number of primary amides is 1. The number of halogens is 25. The fourth-order valence-electron chi connectivity index (χ4n) is 8.06. The minimum Gasteiger partial charge on any atom is -1.00 e. The molecule has 2 fully saturated rings. The number of nitrogens with one attached hydrogen (secondary N) is 1. The number of likely N-dealkylation sites (tertiary alicyclic amines) is 2. The van der Waals surface area contributed by atoms with Gasteiger partial charge in [-0.2, -0.15) is 76.2 Å². The van der Waals surface area contributed by atoms with Crippen LogP contribution in [0.4, 0.5) is 83.4 Å². The predicted octanol–water partition coefficient (Wildman–Crippen LogP) is 11.6. The Kier molecular flexibility index (Phi) is 43.9. The number of carbonyl (C=O) groups is 4. The van der Waals surface area contributed by atoms with Gasteiger partial charge in [0.2, 0.25) is 17.7 Å². The summed E-state index contributed by atoms with van der Waals surface area (Å²) in [7, 11) is 0. The van der Waals surface area contributed by atoms with E-state index in [1.54, 1.807) is 6.07 Å². The van der Waals surface area contributed by atoms with E-state index in [1.165, 1.54) is 94.0 Å². The summed E-state index contributed by atoms with van der Waals surface area (Å²) in [5, 5.41) is 37.2. The number of alkyl halides is 19. The van der Waals surface area contributed by atoms with Gasteiger partial charge in [0.15, 0.2) is 11.6 Å². The number of aromatic amines is 1. The Hall–Kier alpha value is -4.88. The number of nitrogens with zero attached hydrogens (tertiary/aromatic N) is 8. The van der Waals surface area contributed by atoms with Crippen LogP contribution in [0.1, 0.15) is 86.0 Å². The van der Waals surface area contributed by atoms with E-state index >= 15 is 0 Å². The van der Waals surface area contributed by atoms with Crippen molar-refractivity contribution in [1.29, 1.82) is 5.26 Å². The van der Waals surface area contributed by atoms with Crippen LogP contribution in [-0.2, 0) is 50.2 Å². The molecule has 7 N–H and O–H groups in total. The van der Waals surface area contributed by atoms with E-state index in [2.05, 4.69) is 42.4 Å². The molecule has 3 amide bonds. The number of hydrogen-bond donors (Lipinski definition) is 5. The van der Waals surface area contributed by atoms with Gasteiger partial charge in [-0.05, 0) is 127 Å². The van der Waals surface area contributed by atoms with Crippen LogP contribution in [-0.4, -0.2) is 117 Å². The topological polar surface area (TPSA) is 296 Å². The maximum atomic E-state index is 13.1. The first-order chi connectivity index (χ1) is 48.1. The maximum absolute atomic E-state index is 13.1. The summed E-state index contributed by atoms with van der Waals surface area (Å²) in [5.41, 5.74) is 6.97. The number of H-pyrrole nitrogens is 1. The van der Waals surface area contributed by atoms with Gasteiger partial charge in [-0.3, -0.25) is 34.8 Å². The van der Waals surface area contributed by atoms with Gasteiger partial charge in [-0.1, -0.05) is 100 Å². The van der Waals surface area contributed by atoms with Gasteiger partial charge < -0.3 is 32.8 Å². The zero-order valence-corrected chi connectivity index (χ0v) is 68.1. The standard InChI is InChI=1S/C16H12ClF5N4O.C10H7ClF3N3.C9H7ClF3NO.C9H7ClF3NS.C9H5ClF3N.C6H6F2INO.CH2O3.CH4.2K.H2O2.H/c1-9-4-10(5-11(13(9)17)16(20,21)22)14-23-8-26(24-14)3-2-12(27)25-6-15(18,19)7-25;1-5-2-6(9-15-4-16-17-9)3-7(8(5)11)10(12,13)14;2*1-4-2-5(8(14)15)3-6(7(4)10)9(11,12)13;1-5-2-6(4-14)3-7(8(5)10)9(11,12)13;7-6(8)3-10(4-6)5(11)1-2-9;2-1-4-3;;;;1-2;/h2-5,8H,6-7H2,1H3;2-4H,1H3,(H,15,16,17);2*2-3H,1H3,(H2,14,15);2-3H,1H3;1-2H,3-4H2;1,3H;1H4;;;1-2H;/q;;;;;;;;2*+1;;-1/p-1/b3-2-;;;;;2-1-;;;;;;. The number of thiocarbonyl (C=S) groups is 1. The van der Waals surface area contributed by atoms with Crippen molar-refractivity contribution < 1.29 is 227 Å². The third kappa shape index (κ3) is 32.7. The first-order valence-corrected chi connectivity index (χ1v) is 31.0.